The number of piperidine rings is 1. The molecule has 3 aliphatic rings. The van der Waals surface area contributed by atoms with E-state index in [-0.39, 0.29) is 34.8 Å². The summed E-state index contributed by atoms with van der Waals surface area (Å²) in [7, 11) is -3.31. The van der Waals surface area contributed by atoms with Crippen LogP contribution in [0.2, 0.25) is 0 Å². The Hall–Kier alpha value is -6.62. The molecule has 2 saturated heterocycles. The number of hydrogen-bond donors (Lipinski definition) is 3. The quantitative estimate of drug-likeness (QED) is 0.130. The van der Waals surface area contributed by atoms with Crippen molar-refractivity contribution in [2.75, 3.05) is 54.5 Å². The maximum atomic E-state index is 13.3. The third kappa shape index (κ3) is 7.52. The van der Waals surface area contributed by atoms with Gasteiger partial charge in [-0.1, -0.05) is 24.3 Å². The lowest BCUT2D eigenvalue weighted by atomic mass is 10.0. The molecule has 3 aromatic carbocycles. The molecule has 1 atom stereocenters. The maximum absolute atomic E-state index is 13.3. The summed E-state index contributed by atoms with van der Waals surface area (Å²) in [5.74, 6) is -1.78. The fourth-order valence-electron chi connectivity index (χ4n) is 7.43. The van der Waals surface area contributed by atoms with Gasteiger partial charge >= 0.3 is 0 Å². The highest BCUT2D eigenvalue weighted by molar-refractivity contribution is 7.90. The minimum Gasteiger partial charge on any atom is -0.384 e. The van der Waals surface area contributed by atoms with E-state index in [1.165, 1.54) is 6.26 Å². The predicted octanol–water partition coefficient (Wildman–Crippen LogP) is 3.49. The number of nitrogens with zero attached hydrogens (tertiary/aromatic N) is 6. The van der Waals surface area contributed by atoms with Crippen LogP contribution in [0.3, 0.4) is 0 Å². The molecule has 0 bridgehead atoms. The molecule has 5 heterocycles. The second kappa shape index (κ2) is 15.1. The number of sulfone groups is 1. The molecule has 5 aromatic rings. The summed E-state index contributed by atoms with van der Waals surface area (Å²) in [6.07, 6.45) is 2.13. The van der Waals surface area contributed by atoms with Gasteiger partial charge in [0, 0.05) is 74.4 Å². The summed E-state index contributed by atoms with van der Waals surface area (Å²) >= 11 is 0. The summed E-state index contributed by atoms with van der Waals surface area (Å²) in [4.78, 5) is 73.5. The van der Waals surface area contributed by atoms with Crippen LogP contribution in [-0.2, 0) is 24.2 Å². The summed E-state index contributed by atoms with van der Waals surface area (Å²) in [6, 6.07) is 24.1. The number of carbonyl (C=O) groups excluding carboxylic acids is 5. The SMILES string of the molecule is CS(=O)(=O)c1ccc(-c2cccc3nc(Nc4ccc(N5CCN(C(=O)CCCNc6cccc7c6C(=O)N(C6CCC(=O)NC6=O)C7=O)CC5)cc4)nn23)cc1. The number of amides is 5. The number of imide groups is 2. The van der Waals surface area contributed by atoms with Gasteiger partial charge in [0.05, 0.1) is 21.7 Å². The second-order valence-corrected chi connectivity index (χ2v) is 16.2. The molecule has 2 fully saturated rings. The standard InChI is InChI=1S/C40H39N9O7S/c1-57(55,56)28-16-10-25(11-17-28)31-7-3-8-33-43-40(45-49(31)33)42-26-12-14-27(15-13-26)46-21-23-47(24-22-46)35(51)9-4-20-41-30-6-2-5-29-36(30)39(54)48(38(29)53)32-18-19-34(50)44-37(32)52/h2-3,5-8,10-17,32,41H,4,9,18-24H2,1H3,(H,42,45)(H,44,50,52). The van der Waals surface area contributed by atoms with E-state index >= 15 is 0 Å². The summed E-state index contributed by atoms with van der Waals surface area (Å²) in [6.45, 7) is 2.91. The molecule has 0 radical (unpaired) electrons. The molecule has 2 aromatic heterocycles. The van der Waals surface area contributed by atoms with Crippen molar-refractivity contribution in [1.29, 1.82) is 0 Å². The molecule has 1 unspecified atom stereocenters. The van der Waals surface area contributed by atoms with E-state index in [0.717, 1.165) is 27.5 Å². The minimum atomic E-state index is -3.31. The lowest BCUT2D eigenvalue weighted by Gasteiger charge is -2.36. The van der Waals surface area contributed by atoms with Gasteiger partial charge in [-0.3, -0.25) is 34.2 Å². The lowest BCUT2D eigenvalue weighted by molar-refractivity contribution is -0.136. The van der Waals surface area contributed by atoms with Gasteiger partial charge in [0.25, 0.3) is 11.8 Å². The molecular weight excluding hydrogens is 751 g/mol. The van der Waals surface area contributed by atoms with Crippen LogP contribution in [0.4, 0.5) is 23.0 Å². The first-order chi connectivity index (χ1) is 27.4. The number of rotatable bonds is 11. The van der Waals surface area contributed by atoms with Crippen LogP contribution in [-0.4, -0.2) is 107 Å². The van der Waals surface area contributed by atoms with Gasteiger partial charge in [-0.25, -0.2) is 12.9 Å². The maximum Gasteiger partial charge on any atom is 0.264 e. The van der Waals surface area contributed by atoms with Crippen LogP contribution in [0.1, 0.15) is 46.4 Å². The third-order valence-corrected chi connectivity index (χ3v) is 11.5. The van der Waals surface area contributed by atoms with E-state index in [2.05, 4.69) is 30.9 Å². The van der Waals surface area contributed by atoms with E-state index in [9.17, 15) is 32.4 Å². The Balaban J connectivity index is 0.811. The van der Waals surface area contributed by atoms with Gasteiger partial charge in [-0.2, -0.15) is 4.98 Å². The number of anilines is 4. The number of benzene rings is 3. The molecule has 0 aliphatic carbocycles. The van der Waals surface area contributed by atoms with Gasteiger partial charge in [0.2, 0.25) is 23.7 Å². The molecule has 0 spiro atoms. The Morgan fingerprint density at radius 1 is 0.877 bits per heavy atom. The number of pyridine rings is 1. The first-order valence-corrected chi connectivity index (χ1v) is 20.5. The Morgan fingerprint density at radius 3 is 2.33 bits per heavy atom. The van der Waals surface area contributed by atoms with Gasteiger partial charge in [-0.05, 0) is 73.5 Å². The number of carbonyl (C=O) groups is 5. The minimum absolute atomic E-state index is 0.0404. The van der Waals surface area contributed by atoms with Crippen molar-refractivity contribution in [2.24, 2.45) is 0 Å². The van der Waals surface area contributed by atoms with Crippen molar-refractivity contribution >= 4 is 68.0 Å². The predicted molar refractivity (Wildman–Crippen MR) is 211 cm³/mol. The monoisotopic (exact) mass is 789 g/mol. The van der Waals surface area contributed by atoms with Gasteiger partial charge < -0.3 is 20.4 Å². The average Bonchev–Trinajstić information content (AvgIpc) is 3.73. The number of fused-ring (bicyclic) bond motifs is 2. The zero-order valence-corrected chi connectivity index (χ0v) is 31.8. The fraction of sp³-hybridized carbons (Fsp3) is 0.275. The molecule has 17 heteroatoms. The summed E-state index contributed by atoms with van der Waals surface area (Å²) < 4.78 is 25.5. The van der Waals surface area contributed by atoms with Crippen molar-refractivity contribution < 1.29 is 32.4 Å². The van der Waals surface area contributed by atoms with Crippen molar-refractivity contribution in [3.63, 3.8) is 0 Å². The van der Waals surface area contributed by atoms with Crippen molar-refractivity contribution in [1.82, 2.24) is 29.7 Å². The Labute approximate surface area is 327 Å². The Bertz CT molecular complexity index is 2530. The molecule has 3 aliphatic heterocycles. The van der Waals surface area contributed by atoms with E-state index in [0.29, 0.717) is 62.8 Å². The van der Waals surface area contributed by atoms with Crippen LogP contribution in [0.15, 0.2) is 89.8 Å². The summed E-state index contributed by atoms with van der Waals surface area (Å²) in [5, 5.41) is 13.3. The van der Waals surface area contributed by atoms with Gasteiger partial charge in [0.1, 0.15) is 6.04 Å². The number of nitrogens with one attached hydrogen (secondary N) is 3. The average molecular weight is 790 g/mol. The molecule has 3 N–H and O–H groups in total. The van der Waals surface area contributed by atoms with E-state index in [1.54, 1.807) is 47.0 Å². The van der Waals surface area contributed by atoms with E-state index in [4.69, 9.17) is 0 Å². The molecule has 5 amide bonds. The highest BCUT2D eigenvalue weighted by Gasteiger charge is 2.45. The number of piperazine rings is 1. The highest BCUT2D eigenvalue weighted by atomic mass is 32.2. The fourth-order valence-corrected chi connectivity index (χ4v) is 8.06. The zero-order chi connectivity index (χ0) is 39.8. The summed E-state index contributed by atoms with van der Waals surface area (Å²) in [5.41, 5.74) is 4.89. The van der Waals surface area contributed by atoms with Crippen LogP contribution in [0.5, 0.6) is 0 Å². The van der Waals surface area contributed by atoms with Crippen LogP contribution >= 0.6 is 0 Å². The molecule has 16 nitrogen and oxygen atoms in total. The highest BCUT2D eigenvalue weighted by Crippen LogP contribution is 2.33. The second-order valence-electron chi connectivity index (χ2n) is 14.2. The van der Waals surface area contributed by atoms with Crippen LogP contribution < -0.4 is 20.9 Å². The van der Waals surface area contributed by atoms with Crippen LogP contribution in [0, 0.1) is 0 Å². The zero-order valence-electron chi connectivity index (χ0n) is 31.0. The van der Waals surface area contributed by atoms with Crippen LogP contribution in [0.25, 0.3) is 16.9 Å². The van der Waals surface area contributed by atoms with Gasteiger partial charge in [-0.15, -0.1) is 5.10 Å². The largest absolute Gasteiger partial charge is 0.384 e. The van der Waals surface area contributed by atoms with E-state index < -0.39 is 39.5 Å². The molecule has 0 saturated carbocycles. The molecule has 292 valence electrons. The lowest BCUT2D eigenvalue weighted by Crippen LogP contribution is -2.54. The molecule has 8 rings (SSSR count). The Kier molecular flexibility index (Phi) is 9.91. The normalized spacial score (nSPS) is 17.2. The molecule has 57 heavy (non-hydrogen) atoms. The smallest absolute Gasteiger partial charge is 0.264 e. The third-order valence-electron chi connectivity index (χ3n) is 10.4. The Morgan fingerprint density at radius 2 is 1.61 bits per heavy atom. The van der Waals surface area contributed by atoms with Crippen molar-refractivity contribution in [3.05, 3.63) is 96.1 Å². The van der Waals surface area contributed by atoms with Gasteiger partial charge in [0.15, 0.2) is 15.5 Å². The first-order valence-electron chi connectivity index (χ1n) is 18.6. The number of hydrogen-bond acceptors (Lipinski definition) is 12. The number of aromatic nitrogens is 3. The van der Waals surface area contributed by atoms with E-state index in [1.807, 2.05) is 47.4 Å². The van der Waals surface area contributed by atoms with Crippen molar-refractivity contribution in [2.45, 2.75) is 36.6 Å². The first kappa shape index (κ1) is 37.3. The topological polar surface area (TPSA) is 195 Å². The van der Waals surface area contributed by atoms with Crippen molar-refractivity contribution in [3.8, 4) is 11.3 Å². The molecular formula is C40H39N9O7S.